The molecular formula is C12H21NO4SSi. The molecule has 0 aliphatic carbocycles. The molecule has 0 amide bonds. The van der Waals surface area contributed by atoms with E-state index in [2.05, 4.69) is 4.72 Å². The number of ether oxygens (including phenoxy) is 2. The molecular weight excluding hydrogens is 282 g/mol. The van der Waals surface area contributed by atoms with Crippen LogP contribution in [0.5, 0.6) is 0 Å². The van der Waals surface area contributed by atoms with E-state index in [-0.39, 0.29) is 10.8 Å². The highest BCUT2D eigenvalue weighted by molar-refractivity contribution is 7.89. The van der Waals surface area contributed by atoms with E-state index in [4.69, 9.17) is 9.47 Å². The summed E-state index contributed by atoms with van der Waals surface area (Å²) in [7, 11) is -4.23. The summed E-state index contributed by atoms with van der Waals surface area (Å²) in [4.78, 5) is 0.286. The van der Waals surface area contributed by atoms with Crippen LogP contribution in [0, 0.1) is 0 Å². The van der Waals surface area contributed by atoms with E-state index >= 15 is 0 Å². The molecule has 1 N–H and O–H groups in total. The highest BCUT2D eigenvalue weighted by atomic mass is 32.2. The topological polar surface area (TPSA) is 64.6 Å². The third-order valence-electron chi connectivity index (χ3n) is 2.43. The molecule has 0 aliphatic rings. The Morgan fingerprint density at radius 3 is 2.26 bits per heavy atom. The van der Waals surface area contributed by atoms with Gasteiger partial charge < -0.3 is 9.47 Å². The van der Waals surface area contributed by atoms with E-state index in [0.29, 0.717) is 19.4 Å². The van der Waals surface area contributed by atoms with Gasteiger partial charge in [-0.15, -0.1) is 0 Å². The molecule has 7 heteroatoms. The highest BCUT2D eigenvalue weighted by Crippen LogP contribution is 2.06. The van der Waals surface area contributed by atoms with Gasteiger partial charge in [0, 0.05) is 19.4 Å². The van der Waals surface area contributed by atoms with Crippen LogP contribution in [-0.2, 0) is 19.5 Å². The van der Waals surface area contributed by atoms with Crippen molar-refractivity contribution in [3.05, 3.63) is 30.3 Å². The van der Waals surface area contributed by atoms with E-state index in [1.807, 2.05) is 13.8 Å². The van der Waals surface area contributed by atoms with Crippen molar-refractivity contribution in [2.75, 3.05) is 19.4 Å². The maximum absolute atomic E-state index is 12.0. The second kappa shape index (κ2) is 8.44. The van der Waals surface area contributed by atoms with Crippen LogP contribution in [0.1, 0.15) is 13.8 Å². The Balaban J connectivity index is 2.47. The minimum atomic E-state index is -3.41. The third kappa shape index (κ3) is 5.83. The average molecular weight is 303 g/mol. The Bertz CT molecular complexity index is 446. The van der Waals surface area contributed by atoms with Crippen LogP contribution < -0.4 is 4.72 Å². The minimum Gasteiger partial charge on any atom is -0.357 e. The van der Waals surface area contributed by atoms with Gasteiger partial charge in [-0.1, -0.05) is 18.2 Å². The quantitative estimate of drug-likeness (QED) is 0.531. The lowest BCUT2D eigenvalue weighted by Crippen LogP contribution is -2.35. The van der Waals surface area contributed by atoms with Crippen molar-refractivity contribution in [1.82, 2.24) is 4.72 Å². The van der Waals surface area contributed by atoms with Gasteiger partial charge in [-0.2, -0.15) is 0 Å². The molecule has 0 radical (unpaired) electrons. The predicted octanol–water partition coefficient (Wildman–Crippen LogP) is 0.448. The monoisotopic (exact) mass is 303 g/mol. The van der Waals surface area contributed by atoms with E-state index in [1.54, 1.807) is 30.3 Å². The first-order valence-electron chi connectivity index (χ1n) is 6.38. The van der Waals surface area contributed by atoms with Crippen LogP contribution in [-0.4, -0.2) is 43.2 Å². The number of benzene rings is 1. The van der Waals surface area contributed by atoms with Gasteiger partial charge in [-0.3, -0.25) is 0 Å². The highest BCUT2D eigenvalue weighted by Gasteiger charge is 2.15. The molecule has 0 unspecified atom stereocenters. The van der Waals surface area contributed by atoms with Gasteiger partial charge in [0.05, 0.1) is 4.90 Å². The molecule has 1 aromatic carbocycles. The number of sulfonamides is 1. The number of hydrogen-bond donors (Lipinski definition) is 1. The number of rotatable bonds is 9. The van der Waals surface area contributed by atoms with Crippen molar-refractivity contribution in [1.29, 1.82) is 0 Å². The van der Waals surface area contributed by atoms with Gasteiger partial charge in [-0.25, -0.2) is 13.1 Å². The second-order valence-electron chi connectivity index (χ2n) is 3.84. The van der Waals surface area contributed by atoms with Gasteiger partial charge in [0.25, 0.3) is 0 Å². The first kappa shape index (κ1) is 16.3. The lowest BCUT2D eigenvalue weighted by molar-refractivity contribution is -0.0827. The van der Waals surface area contributed by atoms with Crippen molar-refractivity contribution < 1.29 is 17.9 Å². The maximum Gasteiger partial charge on any atom is 0.240 e. The van der Waals surface area contributed by atoms with Crippen LogP contribution in [0.15, 0.2) is 35.2 Å². The smallest absolute Gasteiger partial charge is 0.240 e. The van der Waals surface area contributed by atoms with Crippen LogP contribution in [0.25, 0.3) is 0 Å². The van der Waals surface area contributed by atoms with E-state index in [0.717, 1.165) is 0 Å². The summed E-state index contributed by atoms with van der Waals surface area (Å²) in [5, 5.41) is 0. The van der Waals surface area contributed by atoms with Crippen LogP contribution >= 0.6 is 0 Å². The Kier molecular flexibility index (Phi) is 7.25. The molecule has 1 aromatic rings. The Labute approximate surface area is 117 Å². The summed E-state index contributed by atoms with van der Waals surface area (Å²) >= 11 is 0. The van der Waals surface area contributed by atoms with E-state index < -0.39 is 19.5 Å². The molecule has 19 heavy (non-hydrogen) atoms. The molecule has 0 saturated heterocycles. The fraction of sp³-hybridized carbons (Fsp3) is 0.500. The van der Waals surface area contributed by atoms with Gasteiger partial charge in [0.1, 0.15) is 15.4 Å². The van der Waals surface area contributed by atoms with Crippen molar-refractivity contribution in [2.24, 2.45) is 0 Å². The molecule has 0 spiro atoms. The zero-order valence-corrected chi connectivity index (χ0v) is 13.6. The van der Waals surface area contributed by atoms with Crippen LogP contribution in [0.2, 0.25) is 0 Å². The molecule has 0 aliphatic heterocycles. The third-order valence-corrected chi connectivity index (χ3v) is 5.75. The Morgan fingerprint density at radius 1 is 1.16 bits per heavy atom. The first-order valence-corrected chi connectivity index (χ1v) is 9.68. The molecule has 0 aromatic heterocycles. The van der Waals surface area contributed by atoms with Crippen molar-refractivity contribution in [2.45, 2.75) is 24.7 Å². The van der Waals surface area contributed by atoms with Gasteiger partial charge in [-0.05, 0) is 26.0 Å². The SMILES string of the molecule is CCOC(OCC)[SiH2]CNS(=O)(=O)c1ccccc1. The molecule has 1 rings (SSSR count). The Hall–Kier alpha value is -0.733. The molecule has 0 bridgehead atoms. The average Bonchev–Trinajstić information content (AvgIpc) is 2.40. The first-order chi connectivity index (χ1) is 9.10. The number of nitrogens with one attached hydrogen (secondary N) is 1. The van der Waals surface area contributed by atoms with Crippen LogP contribution in [0.3, 0.4) is 0 Å². The molecule has 0 saturated carbocycles. The molecule has 0 fully saturated rings. The Morgan fingerprint density at radius 2 is 1.74 bits per heavy atom. The fourth-order valence-corrected chi connectivity index (χ4v) is 4.85. The fourth-order valence-electron chi connectivity index (χ4n) is 1.58. The zero-order chi connectivity index (χ0) is 14.1. The zero-order valence-electron chi connectivity index (χ0n) is 11.3. The summed E-state index contributed by atoms with van der Waals surface area (Å²) in [5.41, 5.74) is 0. The largest absolute Gasteiger partial charge is 0.357 e. The van der Waals surface area contributed by atoms with Crippen molar-refractivity contribution in [3.63, 3.8) is 0 Å². The lowest BCUT2D eigenvalue weighted by atomic mass is 10.4. The van der Waals surface area contributed by atoms with Crippen molar-refractivity contribution in [3.8, 4) is 0 Å². The minimum absolute atomic E-state index is 0.228. The molecule has 0 atom stereocenters. The summed E-state index contributed by atoms with van der Waals surface area (Å²) in [6.07, 6.45) is 0.419. The van der Waals surface area contributed by atoms with Crippen molar-refractivity contribution >= 4 is 19.5 Å². The van der Waals surface area contributed by atoms with Gasteiger partial charge in [0.15, 0.2) is 0 Å². The molecule has 5 nitrogen and oxygen atoms in total. The van der Waals surface area contributed by atoms with Crippen LogP contribution in [0.4, 0.5) is 0 Å². The normalized spacial score (nSPS) is 12.6. The summed E-state index contributed by atoms with van der Waals surface area (Å²) < 4.78 is 37.3. The second-order valence-corrected chi connectivity index (χ2v) is 7.35. The van der Waals surface area contributed by atoms with E-state index in [9.17, 15) is 8.42 Å². The lowest BCUT2D eigenvalue weighted by Gasteiger charge is -2.16. The summed E-state index contributed by atoms with van der Waals surface area (Å²) in [6.45, 7) is 4.94. The summed E-state index contributed by atoms with van der Waals surface area (Å²) in [5.74, 6) is -0.228. The molecule has 0 heterocycles. The number of hydrogen-bond acceptors (Lipinski definition) is 4. The standard InChI is InChI=1S/C12H21NO4SSi/c1-3-16-12(17-4-2)19-10-13-18(14,15)11-8-6-5-7-9-11/h5-9,12-13H,3-4,10,19H2,1-2H3. The maximum atomic E-state index is 12.0. The van der Waals surface area contributed by atoms with E-state index in [1.165, 1.54) is 0 Å². The predicted molar refractivity (Wildman–Crippen MR) is 77.2 cm³/mol. The molecule has 108 valence electrons. The summed E-state index contributed by atoms with van der Waals surface area (Å²) in [6, 6.07) is 8.34. The van der Waals surface area contributed by atoms with Gasteiger partial charge >= 0.3 is 0 Å². The van der Waals surface area contributed by atoms with Gasteiger partial charge in [0.2, 0.25) is 10.0 Å².